The van der Waals surface area contributed by atoms with Crippen molar-refractivity contribution in [2.75, 3.05) is 0 Å². The summed E-state index contributed by atoms with van der Waals surface area (Å²) in [6, 6.07) is 40.3. The molecule has 6 heteroatoms. The van der Waals surface area contributed by atoms with Crippen molar-refractivity contribution >= 4 is 21.8 Å². The van der Waals surface area contributed by atoms with Gasteiger partial charge in [-0.05, 0) is 64.7 Å². The maximum absolute atomic E-state index is 6.79. The lowest BCUT2D eigenvalue weighted by molar-refractivity contribution is -0.797. The summed E-state index contributed by atoms with van der Waals surface area (Å²) >= 11 is 0. The normalized spacial score (nSPS) is 18.7. The maximum atomic E-state index is 6.79. The number of benzene rings is 5. The van der Waals surface area contributed by atoms with E-state index in [0.29, 0.717) is 0 Å². The summed E-state index contributed by atoms with van der Waals surface area (Å²) in [6.45, 7) is 0. The number of fused-ring (bicyclic) bond motifs is 10. The molecule has 1 aliphatic carbocycles. The van der Waals surface area contributed by atoms with Crippen LogP contribution in [0.1, 0.15) is 33.4 Å². The van der Waals surface area contributed by atoms with Gasteiger partial charge in [-0.15, -0.1) is 4.68 Å². The molecule has 0 fully saturated rings. The highest BCUT2D eigenvalue weighted by atomic mass is 16.5. The smallest absolute Gasteiger partial charge is 0.327 e. The van der Waals surface area contributed by atoms with Gasteiger partial charge in [-0.2, -0.15) is 9.13 Å². The van der Waals surface area contributed by atoms with Crippen LogP contribution in [-0.2, 0) is 11.1 Å². The predicted octanol–water partition coefficient (Wildman–Crippen LogP) is 6.25. The number of hydrogen-bond acceptors (Lipinski definition) is 2. The van der Waals surface area contributed by atoms with Crippen LogP contribution in [0.25, 0.3) is 44.4 Å². The Labute approximate surface area is 256 Å². The zero-order valence-electron chi connectivity index (χ0n) is 23.8. The van der Waals surface area contributed by atoms with Gasteiger partial charge in [0.15, 0.2) is 17.4 Å². The van der Waals surface area contributed by atoms with E-state index in [2.05, 4.69) is 140 Å². The van der Waals surface area contributed by atoms with Crippen molar-refractivity contribution in [3.05, 3.63) is 161 Å². The van der Waals surface area contributed by atoms with Crippen molar-refractivity contribution in [3.63, 3.8) is 0 Å². The number of pyridine rings is 1. The molecule has 0 amide bonds. The van der Waals surface area contributed by atoms with Gasteiger partial charge in [0.25, 0.3) is 5.82 Å². The quantitative estimate of drug-likeness (QED) is 0.201. The Hall–Kier alpha value is -6.01. The minimum absolute atomic E-state index is 0.488. The second kappa shape index (κ2) is 6.56. The summed E-state index contributed by atoms with van der Waals surface area (Å²) in [4.78, 5) is 2.17. The van der Waals surface area contributed by atoms with E-state index in [1.165, 1.54) is 61.0 Å². The van der Waals surface area contributed by atoms with E-state index in [1.807, 2.05) is 6.20 Å². The Morgan fingerprint density at radius 3 is 2.20 bits per heavy atom. The van der Waals surface area contributed by atoms with E-state index in [4.69, 9.17) is 9.84 Å². The van der Waals surface area contributed by atoms with Crippen LogP contribution in [0, 0.1) is 0 Å². The SMILES string of the molecule is c1ccc2c(c1)-c1ccccc1C21c2ccc[n+]3c2-n2c4c1cccc4c1ccc4c(c12)C31c2c(cccc2-[n+]2ccnn21)O4. The first-order chi connectivity index (χ1) is 22.3. The molecule has 1 unspecified atom stereocenters. The van der Waals surface area contributed by atoms with Gasteiger partial charge >= 0.3 is 5.66 Å². The number of para-hydroxylation sites is 1. The van der Waals surface area contributed by atoms with E-state index < -0.39 is 11.1 Å². The van der Waals surface area contributed by atoms with Gasteiger partial charge in [-0.1, -0.05) is 66.7 Å². The molecule has 4 aliphatic heterocycles. The first-order valence-electron chi connectivity index (χ1n) is 15.5. The predicted molar refractivity (Wildman–Crippen MR) is 167 cm³/mol. The van der Waals surface area contributed by atoms with E-state index in [1.54, 1.807) is 0 Å². The van der Waals surface area contributed by atoms with Gasteiger partial charge < -0.3 is 4.74 Å². The molecule has 206 valence electrons. The maximum Gasteiger partial charge on any atom is 0.327 e. The van der Waals surface area contributed by atoms with Crippen molar-refractivity contribution < 1.29 is 14.0 Å². The molecule has 0 N–H and O–H groups in total. The first kappa shape index (κ1) is 21.6. The summed E-state index contributed by atoms with van der Waals surface area (Å²) < 4.78 is 14.0. The molecular weight excluding hydrogens is 554 g/mol. The summed E-state index contributed by atoms with van der Waals surface area (Å²) in [5.41, 5.74) is 12.4. The average Bonchev–Trinajstić information content (AvgIpc) is 3.84. The second-order valence-corrected chi connectivity index (χ2v) is 12.8. The lowest BCUT2D eigenvalue weighted by Gasteiger charge is -2.40. The molecule has 7 heterocycles. The van der Waals surface area contributed by atoms with Gasteiger partial charge in [-0.25, -0.2) is 0 Å². The summed E-state index contributed by atoms with van der Waals surface area (Å²) in [5.74, 6) is 2.92. The lowest BCUT2D eigenvalue weighted by Crippen LogP contribution is -2.68. The number of rotatable bonds is 0. The number of hydrogen-bond donors (Lipinski definition) is 0. The topological polar surface area (TPSA) is 39.7 Å². The molecule has 0 bridgehead atoms. The van der Waals surface area contributed by atoms with Crippen molar-refractivity contribution in [2.45, 2.75) is 11.1 Å². The van der Waals surface area contributed by atoms with Gasteiger partial charge in [0.1, 0.15) is 28.1 Å². The lowest BCUT2D eigenvalue weighted by atomic mass is 9.66. The molecule has 45 heavy (non-hydrogen) atoms. The minimum Gasteiger partial charge on any atom is -0.456 e. The zero-order chi connectivity index (χ0) is 28.8. The van der Waals surface area contributed by atoms with E-state index >= 15 is 0 Å². The van der Waals surface area contributed by atoms with Crippen LogP contribution in [-0.4, -0.2) is 14.5 Å². The van der Waals surface area contributed by atoms with Crippen molar-refractivity contribution in [2.24, 2.45) is 0 Å². The fraction of sp³-hybridized carbons (Fsp3) is 0.0513. The fourth-order valence-corrected chi connectivity index (χ4v) is 9.94. The minimum atomic E-state index is -0.769. The van der Waals surface area contributed by atoms with Crippen LogP contribution in [0.3, 0.4) is 0 Å². The third-order valence-corrected chi connectivity index (χ3v) is 11.2. The zero-order valence-corrected chi connectivity index (χ0v) is 23.8. The average molecular weight is 576 g/mol. The number of aromatic nitrogens is 5. The highest BCUT2D eigenvalue weighted by Crippen LogP contribution is 2.63. The Morgan fingerprint density at radius 2 is 1.33 bits per heavy atom. The van der Waals surface area contributed by atoms with Gasteiger partial charge in [0.2, 0.25) is 6.20 Å². The summed E-state index contributed by atoms with van der Waals surface area (Å²) in [5, 5.41) is 7.56. The van der Waals surface area contributed by atoms with E-state index in [0.717, 1.165) is 28.3 Å². The van der Waals surface area contributed by atoms with Crippen molar-refractivity contribution in [3.8, 4) is 34.1 Å². The summed E-state index contributed by atoms with van der Waals surface area (Å²) in [7, 11) is 0. The standard InChI is InChI=1S/C39H21N5O/c1-3-11-26-22(8-1)23-9-2-4-12-27(23)38(26)28-13-5-10-24-25-17-18-32-34-36(25)43(35(24)28)37-29(38)14-7-20-41(37)39(34)33-30(15-6-16-31(33)45-32)42-21-19-40-44(39)42/h1-21H/q+2. The van der Waals surface area contributed by atoms with Crippen LogP contribution in [0.15, 0.2) is 128 Å². The van der Waals surface area contributed by atoms with Crippen LogP contribution in [0.4, 0.5) is 0 Å². The van der Waals surface area contributed by atoms with E-state index in [9.17, 15) is 0 Å². The van der Waals surface area contributed by atoms with Gasteiger partial charge in [0.05, 0.1) is 17.2 Å². The molecule has 0 saturated carbocycles. The largest absolute Gasteiger partial charge is 0.456 e. The molecule has 8 aromatic rings. The van der Waals surface area contributed by atoms with Crippen LogP contribution in [0.2, 0.25) is 0 Å². The molecule has 3 aromatic heterocycles. The molecular formula is C39H21N5O+2. The molecule has 0 saturated heterocycles. The van der Waals surface area contributed by atoms with Gasteiger partial charge in [-0.3, -0.25) is 0 Å². The Bertz CT molecular complexity index is 2720. The second-order valence-electron chi connectivity index (χ2n) is 12.8. The molecule has 6 nitrogen and oxygen atoms in total. The van der Waals surface area contributed by atoms with Crippen molar-refractivity contribution in [1.29, 1.82) is 0 Å². The number of ether oxygens (including phenoxy) is 1. The van der Waals surface area contributed by atoms with Crippen LogP contribution in [0.5, 0.6) is 11.5 Å². The molecule has 0 radical (unpaired) electrons. The van der Waals surface area contributed by atoms with Crippen molar-refractivity contribution in [1.82, 2.24) is 14.5 Å². The van der Waals surface area contributed by atoms with Crippen LogP contribution < -0.4 is 14.0 Å². The molecule has 13 rings (SSSR count). The fourth-order valence-electron chi connectivity index (χ4n) is 9.94. The van der Waals surface area contributed by atoms with Crippen LogP contribution >= 0.6 is 0 Å². The van der Waals surface area contributed by atoms with Gasteiger partial charge in [0, 0.05) is 26.2 Å². The molecule has 5 aliphatic rings. The molecule has 1 atom stereocenters. The highest BCUT2D eigenvalue weighted by Gasteiger charge is 2.68. The number of nitrogens with zero attached hydrogens (tertiary/aromatic N) is 5. The first-order valence-corrected chi connectivity index (χ1v) is 15.5. The Kier molecular flexibility index (Phi) is 3.16. The summed E-state index contributed by atoms with van der Waals surface area (Å²) in [6.07, 6.45) is 6.22. The van der Waals surface area contributed by atoms with E-state index in [-0.39, 0.29) is 0 Å². The molecule has 2 spiro atoms. The third kappa shape index (κ3) is 1.90. The third-order valence-electron chi connectivity index (χ3n) is 11.2. The molecule has 5 aromatic carbocycles. The Balaban J connectivity index is 1.36. The highest BCUT2D eigenvalue weighted by molar-refractivity contribution is 6.14. The monoisotopic (exact) mass is 575 g/mol. The Morgan fingerprint density at radius 1 is 0.600 bits per heavy atom.